The van der Waals surface area contributed by atoms with Gasteiger partial charge < -0.3 is 20.6 Å². The number of carboxylic acids is 1. The van der Waals surface area contributed by atoms with Crippen LogP contribution in [0.2, 0.25) is 0 Å². The number of urea groups is 2. The van der Waals surface area contributed by atoms with Gasteiger partial charge in [0.1, 0.15) is 11.6 Å². The number of imide groups is 1. The Kier molecular flexibility index (Phi) is 6.62. The van der Waals surface area contributed by atoms with Gasteiger partial charge >= 0.3 is 18.0 Å². The normalized spacial score (nSPS) is 19.7. The number of hydrogen-bond acceptors (Lipinski definition) is 4. The highest BCUT2D eigenvalue weighted by Crippen LogP contribution is 2.45. The van der Waals surface area contributed by atoms with Crippen LogP contribution in [0.25, 0.3) is 0 Å². The molecule has 5 rings (SSSR count). The van der Waals surface area contributed by atoms with Crippen LogP contribution in [-0.2, 0) is 16.1 Å². The number of carboxylic acid groups (broad SMARTS) is 1. The zero-order chi connectivity index (χ0) is 26.2. The summed E-state index contributed by atoms with van der Waals surface area (Å²) in [7, 11) is 0. The minimum absolute atomic E-state index is 0.165. The lowest BCUT2D eigenvalue weighted by atomic mass is 9.80. The van der Waals surface area contributed by atoms with Crippen molar-refractivity contribution < 1.29 is 24.3 Å². The van der Waals surface area contributed by atoms with Crippen LogP contribution in [0.4, 0.5) is 21.0 Å². The number of para-hydroxylation sites is 1. The van der Waals surface area contributed by atoms with Crippen LogP contribution in [0, 0.1) is 12.8 Å². The summed E-state index contributed by atoms with van der Waals surface area (Å²) in [6.07, 6.45) is 5.16. The fourth-order valence-corrected chi connectivity index (χ4v) is 5.63. The van der Waals surface area contributed by atoms with E-state index in [2.05, 4.69) is 10.6 Å². The minimum Gasteiger partial charge on any atom is -0.480 e. The lowest BCUT2D eigenvalue weighted by Gasteiger charge is -2.38. The Morgan fingerprint density at radius 1 is 1.00 bits per heavy atom. The molecule has 1 aliphatic heterocycles. The topological polar surface area (TPSA) is 119 Å². The molecule has 2 aliphatic carbocycles. The maximum absolute atomic E-state index is 13.7. The van der Waals surface area contributed by atoms with E-state index in [-0.39, 0.29) is 24.4 Å². The Labute approximate surface area is 215 Å². The second kappa shape index (κ2) is 9.88. The third-order valence-corrected chi connectivity index (χ3v) is 7.80. The fraction of sp³-hybridized carbons (Fsp3) is 0.429. The standard InChI is InChI=1S/C28H32N4O5/c1-18-7-3-4-8-22(18)30-26(36)29-21-13-9-19(10-14-21)17-31-27(37)32(23(24(33)34)20-11-12-20)25(35)28(31)15-5-2-6-16-28/h3-4,7-10,13-14,20,23H,2,5-6,11-12,15-17H2,1H3,(H,33,34)(H2,29,30,36)/t23-/m0/s1. The molecule has 9 nitrogen and oxygen atoms in total. The highest BCUT2D eigenvalue weighted by atomic mass is 16.4. The van der Waals surface area contributed by atoms with E-state index in [0.717, 1.165) is 41.0 Å². The number of aryl methyl sites for hydroxylation is 1. The van der Waals surface area contributed by atoms with Crippen LogP contribution in [0.3, 0.4) is 0 Å². The van der Waals surface area contributed by atoms with Crippen molar-refractivity contribution in [2.75, 3.05) is 10.6 Å². The van der Waals surface area contributed by atoms with E-state index in [1.165, 1.54) is 0 Å². The van der Waals surface area contributed by atoms with Crippen LogP contribution >= 0.6 is 0 Å². The molecule has 3 N–H and O–H groups in total. The largest absolute Gasteiger partial charge is 0.480 e. The molecule has 1 atom stereocenters. The zero-order valence-corrected chi connectivity index (χ0v) is 20.9. The van der Waals surface area contributed by atoms with Gasteiger partial charge in [0.15, 0.2) is 0 Å². The van der Waals surface area contributed by atoms with E-state index < -0.39 is 23.6 Å². The van der Waals surface area contributed by atoms with E-state index in [0.29, 0.717) is 31.4 Å². The number of hydrogen-bond donors (Lipinski definition) is 3. The molecule has 1 saturated heterocycles. The van der Waals surface area contributed by atoms with Gasteiger partial charge in [0, 0.05) is 17.9 Å². The number of carbonyl (C=O) groups is 4. The van der Waals surface area contributed by atoms with Crippen LogP contribution in [0.15, 0.2) is 48.5 Å². The van der Waals surface area contributed by atoms with Crippen molar-refractivity contribution in [3.63, 3.8) is 0 Å². The van der Waals surface area contributed by atoms with Gasteiger partial charge in [0.05, 0.1) is 0 Å². The fourth-order valence-electron chi connectivity index (χ4n) is 5.63. The number of amides is 5. The summed E-state index contributed by atoms with van der Waals surface area (Å²) >= 11 is 0. The highest BCUT2D eigenvalue weighted by molar-refractivity contribution is 6.09. The molecule has 2 aromatic carbocycles. The number of anilines is 2. The summed E-state index contributed by atoms with van der Waals surface area (Å²) in [5.74, 6) is -1.64. The number of nitrogens with one attached hydrogen (secondary N) is 2. The Bertz CT molecular complexity index is 1220. The summed E-state index contributed by atoms with van der Waals surface area (Å²) in [6.45, 7) is 2.12. The van der Waals surface area contributed by atoms with Gasteiger partial charge in [0.2, 0.25) is 0 Å². The van der Waals surface area contributed by atoms with Gasteiger partial charge in [-0.2, -0.15) is 0 Å². The number of nitrogens with zero attached hydrogens (tertiary/aromatic N) is 2. The van der Waals surface area contributed by atoms with E-state index >= 15 is 0 Å². The maximum Gasteiger partial charge on any atom is 0.328 e. The van der Waals surface area contributed by atoms with Gasteiger partial charge in [-0.3, -0.25) is 4.79 Å². The lowest BCUT2D eigenvalue weighted by molar-refractivity contribution is -0.149. The molecule has 2 saturated carbocycles. The Morgan fingerprint density at radius 2 is 1.68 bits per heavy atom. The van der Waals surface area contributed by atoms with Gasteiger partial charge in [-0.25, -0.2) is 19.3 Å². The molecule has 37 heavy (non-hydrogen) atoms. The first kappa shape index (κ1) is 24.8. The molecular weight excluding hydrogens is 472 g/mol. The molecule has 1 heterocycles. The summed E-state index contributed by atoms with van der Waals surface area (Å²) in [6, 6.07) is 12.7. The van der Waals surface area contributed by atoms with Crippen molar-refractivity contribution in [1.29, 1.82) is 0 Å². The van der Waals surface area contributed by atoms with E-state index in [4.69, 9.17) is 0 Å². The second-order valence-electron chi connectivity index (χ2n) is 10.3. The third kappa shape index (κ3) is 4.77. The van der Waals surface area contributed by atoms with Crippen LogP contribution in [0.5, 0.6) is 0 Å². The average molecular weight is 505 g/mol. The number of rotatable bonds is 7. The molecular formula is C28H32N4O5. The number of benzene rings is 2. The van der Waals surface area contributed by atoms with Crippen LogP contribution < -0.4 is 10.6 Å². The van der Waals surface area contributed by atoms with E-state index in [1.54, 1.807) is 17.0 Å². The van der Waals surface area contributed by atoms with Crippen molar-refractivity contribution in [3.05, 3.63) is 59.7 Å². The van der Waals surface area contributed by atoms with Crippen molar-refractivity contribution in [2.45, 2.75) is 70.0 Å². The van der Waals surface area contributed by atoms with Crippen molar-refractivity contribution in [2.24, 2.45) is 5.92 Å². The van der Waals surface area contributed by atoms with Gasteiger partial charge in [-0.05, 0) is 67.9 Å². The lowest BCUT2D eigenvalue weighted by Crippen LogP contribution is -2.51. The Morgan fingerprint density at radius 3 is 2.30 bits per heavy atom. The van der Waals surface area contributed by atoms with Crippen molar-refractivity contribution >= 4 is 35.3 Å². The number of carbonyl (C=O) groups excluding carboxylic acids is 3. The van der Waals surface area contributed by atoms with Crippen molar-refractivity contribution in [1.82, 2.24) is 9.80 Å². The van der Waals surface area contributed by atoms with Crippen LogP contribution in [0.1, 0.15) is 56.1 Å². The monoisotopic (exact) mass is 504 g/mol. The van der Waals surface area contributed by atoms with Crippen molar-refractivity contribution in [3.8, 4) is 0 Å². The first-order valence-corrected chi connectivity index (χ1v) is 12.9. The second-order valence-corrected chi connectivity index (χ2v) is 10.3. The highest BCUT2D eigenvalue weighted by Gasteiger charge is 2.61. The molecule has 0 unspecified atom stereocenters. The molecule has 5 amide bonds. The molecule has 194 valence electrons. The summed E-state index contributed by atoms with van der Waals surface area (Å²) < 4.78 is 0. The number of aliphatic carboxylic acids is 1. The Hall–Kier alpha value is -3.88. The average Bonchev–Trinajstić information content (AvgIpc) is 3.70. The van der Waals surface area contributed by atoms with E-state index in [1.807, 2.05) is 43.3 Å². The summed E-state index contributed by atoms with van der Waals surface area (Å²) in [5, 5.41) is 15.5. The van der Waals surface area contributed by atoms with Gasteiger partial charge in [-0.1, -0.05) is 49.6 Å². The van der Waals surface area contributed by atoms with E-state index in [9.17, 15) is 24.3 Å². The molecule has 2 aromatic rings. The molecule has 0 aromatic heterocycles. The molecule has 9 heteroatoms. The SMILES string of the molecule is Cc1ccccc1NC(=O)Nc1ccc(CN2C(=O)N([C@H](C(=O)O)C3CC3)C(=O)C23CCCCC3)cc1. The molecule has 1 spiro atoms. The van der Waals surface area contributed by atoms with Crippen LogP contribution in [-0.4, -0.2) is 50.4 Å². The first-order valence-electron chi connectivity index (χ1n) is 12.9. The summed E-state index contributed by atoms with van der Waals surface area (Å²) in [5.41, 5.74) is 2.09. The van der Waals surface area contributed by atoms with Gasteiger partial charge in [-0.15, -0.1) is 0 Å². The molecule has 3 aliphatic rings. The van der Waals surface area contributed by atoms with Gasteiger partial charge in [0.25, 0.3) is 5.91 Å². The smallest absolute Gasteiger partial charge is 0.328 e. The molecule has 0 bridgehead atoms. The maximum atomic E-state index is 13.7. The molecule has 3 fully saturated rings. The summed E-state index contributed by atoms with van der Waals surface area (Å²) in [4.78, 5) is 54.4. The first-order chi connectivity index (χ1) is 17.8. The third-order valence-electron chi connectivity index (χ3n) is 7.80. The quantitative estimate of drug-likeness (QED) is 0.460. The molecule has 0 radical (unpaired) electrons. The zero-order valence-electron chi connectivity index (χ0n) is 20.9. The predicted octanol–water partition coefficient (Wildman–Crippen LogP) is 4.97. The predicted molar refractivity (Wildman–Crippen MR) is 138 cm³/mol. The minimum atomic E-state index is -1.11. The Balaban J connectivity index is 1.32.